The zero-order valence-electron chi connectivity index (χ0n) is 10.2. The smallest absolute Gasteiger partial charge is 0.225 e. The molecular weight excluding hydrogens is 258 g/mol. The summed E-state index contributed by atoms with van der Waals surface area (Å²) in [6.45, 7) is 0. The van der Waals surface area contributed by atoms with Gasteiger partial charge < -0.3 is 11.1 Å². The van der Waals surface area contributed by atoms with Crippen LogP contribution in [-0.2, 0) is 11.2 Å². The Labute approximate surface area is 115 Å². The highest BCUT2D eigenvalue weighted by Crippen LogP contribution is 2.22. The molecule has 0 bridgehead atoms. The lowest BCUT2D eigenvalue weighted by atomic mass is 10.1. The Morgan fingerprint density at radius 3 is 2.74 bits per heavy atom. The molecule has 0 aliphatic carbocycles. The second-order valence-corrected chi connectivity index (χ2v) is 4.98. The second-order valence-electron chi connectivity index (χ2n) is 4.06. The number of nitrogen functional groups attached to an aromatic ring is 1. The summed E-state index contributed by atoms with van der Waals surface area (Å²) in [7, 11) is 0. The molecule has 0 unspecified atom stereocenters. The first-order chi connectivity index (χ1) is 9.19. The van der Waals surface area contributed by atoms with Gasteiger partial charge in [-0.05, 0) is 35.6 Å². The molecule has 96 valence electrons. The number of aryl methyl sites for hydroxylation is 1. The minimum Gasteiger partial charge on any atom is -0.399 e. The van der Waals surface area contributed by atoms with Crippen molar-refractivity contribution in [2.75, 3.05) is 11.1 Å². The molecule has 1 aromatic carbocycles. The number of rotatable bonds is 4. The number of thiophene rings is 1. The molecule has 5 heteroatoms. The molecule has 1 aromatic heterocycles. The van der Waals surface area contributed by atoms with Crippen LogP contribution in [0.4, 0.5) is 10.7 Å². The number of benzene rings is 1. The van der Waals surface area contributed by atoms with Crippen molar-refractivity contribution < 1.29 is 4.79 Å². The molecule has 1 amide bonds. The third kappa shape index (κ3) is 3.57. The number of nitrogens with two attached hydrogens (primary N) is 1. The Kier molecular flexibility index (Phi) is 4.16. The Morgan fingerprint density at radius 2 is 2.05 bits per heavy atom. The van der Waals surface area contributed by atoms with Crippen LogP contribution in [-0.4, -0.2) is 5.91 Å². The summed E-state index contributed by atoms with van der Waals surface area (Å²) in [5.74, 6) is -0.0872. The molecule has 19 heavy (non-hydrogen) atoms. The van der Waals surface area contributed by atoms with Gasteiger partial charge in [0, 0.05) is 12.1 Å². The summed E-state index contributed by atoms with van der Waals surface area (Å²) in [4.78, 5) is 11.8. The van der Waals surface area contributed by atoms with Gasteiger partial charge in [-0.1, -0.05) is 12.1 Å². The van der Waals surface area contributed by atoms with E-state index in [4.69, 9.17) is 11.0 Å². The van der Waals surface area contributed by atoms with Crippen LogP contribution < -0.4 is 11.1 Å². The van der Waals surface area contributed by atoms with Crippen molar-refractivity contribution >= 4 is 27.9 Å². The van der Waals surface area contributed by atoms with Crippen LogP contribution in [0.3, 0.4) is 0 Å². The molecule has 0 aliphatic heterocycles. The van der Waals surface area contributed by atoms with Crippen molar-refractivity contribution in [3.05, 3.63) is 46.8 Å². The van der Waals surface area contributed by atoms with Crippen LogP contribution in [0.25, 0.3) is 0 Å². The molecule has 0 saturated heterocycles. The Hall–Kier alpha value is -2.32. The fraction of sp³-hybridized carbons (Fsp3) is 0.143. The first-order valence-electron chi connectivity index (χ1n) is 5.81. The minimum absolute atomic E-state index is 0.0872. The monoisotopic (exact) mass is 271 g/mol. The van der Waals surface area contributed by atoms with Crippen molar-refractivity contribution in [2.24, 2.45) is 0 Å². The van der Waals surface area contributed by atoms with Gasteiger partial charge in [0.15, 0.2) is 0 Å². The highest BCUT2D eigenvalue weighted by molar-refractivity contribution is 7.14. The van der Waals surface area contributed by atoms with E-state index < -0.39 is 0 Å². The number of anilines is 2. The summed E-state index contributed by atoms with van der Waals surface area (Å²) in [5, 5.41) is 14.0. The highest BCUT2D eigenvalue weighted by Gasteiger charge is 2.08. The molecule has 2 aromatic rings. The highest BCUT2D eigenvalue weighted by atomic mass is 32.1. The molecule has 4 nitrogen and oxygen atoms in total. The van der Waals surface area contributed by atoms with E-state index in [2.05, 4.69) is 5.32 Å². The maximum Gasteiger partial charge on any atom is 0.225 e. The van der Waals surface area contributed by atoms with Gasteiger partial charge in [0.1, 0.15) is 11.1 Å². The number of nitrogens with zero attached hydrogens (tertiary/aromatic N) is 1. The first-order valence-corrected chi connectivity index (χ1v) is 6.69. The number of carbonyl (C=O) groups is 1. The Bertz CT molecular complexity index is 610. The third-order valence-electron chi connectivity index (χ3n) is 2.66. The van der Waals surface area contributed by atoms with E-state index in [1.807, 2.05) is 30.3 Å². The van der Waals surface area contributed by atoms with E-state index in [0.29, 0.717) is 29.1 Å². The van der Waals surface area contributed by atoms with Gasteiger partial charge in [-0.15, -0.1) is 11.3 Å². The van der Waals surface area contributed by atoms with Crippen molar-refractivity contribution in [3.8, 4) is 6.07 Å². The lowest BCUT2D eigenvalue weighted by Gasteiger charge is -2.04. The van der Waals surface area contributed by atoms with Crippen molar-refractivity contribution in [2.45, 2.75) is 12.8 Å². The zero-order chi connectivity index (χ0) is 13.7. The second kappa shape index (κ2) is 6.03. The van der Waals surface area contributed by atoms with E-state index in [1.165, 1.54) is 11.3 Å². The molecule has 0 spiro atoms. The van der Waals surface area contributed by atoms with Crippen LogP contribution in [0.5, 0.6) is 0 Å². The van der Waals surface area contributed by atoms with Gasteiger partial charge in [0.05, 0.1) is 5.56 Å². The van der Waals surface area contributed by atoms with Crippen molar-refractivity contribution in [1.29, 1.82) is 5.26 Å². The van der Waals surface area contributed by atoms with Gasteiger partial charge in [-0.2, -0.15) is 5.26 Å². The number of carbonyl (C=O) groups excluding carboxylic acids is 1. The molecular formula is C14H13N3OS. The summed E-state index contributed by atoms with van der Waals surface area (Å²) in [6.07, 6.45) is 1.03. The summed E-state index contributed by atoms with van der Waals surface area (Å²) in [5.41, 5.74) is 7.88. The number of amides is 1. The normalized spacial score (nSPS) is 9.84. The van der Waals surface area contributed by atoms with Gasteiger partial charge in [0.2, 0.25) is 5.91 Å². The average molecular weight is 271 g/mol. The number of nitriles is 1. The van der Waals surface area contributed by atoms with Gasteiger partial charge in [0.25, 0.3) is 0 Å². The van der Waals surface area contributed by atoms with Gasteiger partial charge in [-0.25, -0.2) is 0 Å². The van der Waals surface area contributed by atoms with Crippen LogP contribution in [0.1, 0.15) is 17.5 Å². The standard InChI is InChI=1S/C14H13N3OS/c15-9-11-7-8-19-14(11)17-13(18)6-3-10-1-4-12(16)5-2-10/h1-2,4-5,7-8H,3,6,16H2,(H,17,18). The molecule has 0 saturated carbocycles. The number of nitrogens with one attached hydrogen (secondary N) is 1. The van der Waals surface area contributed by atoms with E-state index in [0.717, 1.165) is 5.56 Å². The molecule has 3 N–H and O–H groups in total. The molecule has 0 atom stereocenters. The zero-order valence-corrected chi connectivity index (χ0v) is 11.0. The van der Waals surface area contributed by atoms with Crippen LogP contribution in [0.15, 0.2) is 35.7 Å². The first kappa shape index (κ1) is 13.1. The quantitative estimate of drug-likeness (QED) is 0.839. The van der Waals surface area contributed by atoms with Crippen LogP contribution in [0.2, 0.25) is 0 Å². The van der Waals surface area contributed by atoms with Gasteiger partial charge in [-0.3, -0.25) is 4.79 Å². The predicted octanol–water partition coefficient (Wildman–Crippen LogP) is 2.77. The SMILES string of the molecule is N#Cc1ccsc1NC(=O)CCc1ccc(N)cc1. The lowest BCUT2D eigenvalue weighted by Crippen LogP contribution is -2.12. The summed E-state index contributed by atoms with van der Waals surface area (Å²) in [6, 6.07) is 11.2. The minimum atomic E-state index is -0.0872. The molecule has 0 fully saturated rings. The van der Waals surface area contributed by atoms with Crippen LogP contribution in [0, 0.1) is 11.3 Å². The van der Waals surface area contributed by atoms with E-state index in [-0.39, 0.29) is 5.91 Å². The molecule has 0 aliphatic rings. The maximum atomic E-state index is 11.8. The maximum absolute atomic E-state index is 11.8. The van der Waals surface area contributed by atoms with E-state index in [9.17, 15) is 4.79 Å². The lowest BCUT2D eigenvalue weighted by molar-refractivity contribution is -0.116. The fourth-order valence-corrected chi connectivity index (χ4v) is 2.38. The van der Waals surface area contributed by atoms with E-state index in [1.54, 1.807) is 11.4 Å². The summed E-state index contributed by atoms with van der Waals surface area (Å²) >= 11 is 1.36. The van der Waals surface area contributed by atoms with Crippen molar-refractivity contribution in [1.82, 2.24) is 0 Å². The Morgan fingerprint density at radius 1 is 1.32 bits per heavy atom. The Balaban J connectivity index is 1.89. The predicted molar refractivity (Wildman–Crippen MR) is 76.8 cm³/mol. The third-order valence-corrected chi connectivity index (χ3v) is 3.49. The molecule has 1 heterocycles. The van der Waals surface area contributed by atoms with Gasteiger partial charge >= 0.3 is 0 Å². The topological polar surface area (TPSA) is 78.9 Å². The largest absolute Gasteiger partial charge is 0.399 e. The molecule has 0 radical (unpaired) electrons. The number of hydrogen-bond donors (Lipinski definition) is 2. The average Bonchev–Trinajstić information content (AvgIpc) is 2.85. The fourth-order valence-electron chi connectivity index (χ4n) is 1.63. The summed E-state index contributed by atoms with van der Waals surface area (Å²) < 4.78 is 0. The number of hydrogen-bond acceptors (Lipinski definition) is 4. The molecule has 2 rings (SSSR count). The van der Waals surface area contributed by atoms with Crippen LogP contribution >= 0.6 is 11.3 Å². The van der Waals surface area contributed by atoms with Crippen molar-refractivity contribution in [3.63, 3.8) is 0 Å². The van der Waals surface area contributed by atoms with E-state index >= 15 is 0 Å².